The summed E-state index contributed by atoms with van der Waals surface area (Å²) >= 11 is 0. The number of rotatable bonds is 6. The maximum absolute atomic E-state index is 11.4. The number of phenolic OH excluding ortho intramolecular Hbond substituents is 1. The Balaban J connectivity index is 2.14. The average molecular weight is 355 g/mol. The van der Waals surface area contributed by atoms with Crippen molar-refractivity contribution in [2.45, 2.75) is 18.6 Å². The van der Waals surface area contributed by atoms with Crippen molar-refractivity contribution in [2.24, 2.45) is 5.92 Å². The van der Waals surface area contributed by atoms with Gasteiger partial charge in [-0.15, -0.1) is 0 Å². The molecule has 0 heterocycles. The molecule has 0 spiro atoms. The molecule has 1 aromatic carbocycles. The Morgan fingerprint density at radius 2 is 1.79 bits per heavy atom. The van der Waals surface area contributed by atoms with E-state index in [1.165, 1.54) is 18.2 Å². The van der Waals surface area contributed by atoms with Crippen molar-refractivity contribution < 1.29 is 34.5 Å². The molecule has 0 aromatic heterocycles. The molecule has 130 valence electrons. The molecule has 2 rings (SSSR count). The Bertz CT molecular complexity index is 718. The van der Waals surface area contributed by atoms with Crippen LogP contribution in [0.15, 0.2) is 48.2 Å². The van der Waals surface area contributed by atoms with E-state index in [0.717, 1.165) is 17.7 Å². The molecule has 6 N–H and O–H groups in total. The summed E-state index contributed by atoms with van der Waals surface area (Å²) in [7, 11) is -4.70. The predicted octanol–water partition coefficient (Wildman–Crippen LogP) is 0.327. The van der Waals surface area contributed by atoms with Gasteiger partial charge in [-0.1, -0.05) is 18.2 Å². The lowest BCUT2D eigenvalue weighted by Gasteiger charge is -2.33. The molecule has 8 nitrogen and oxygen atoms in total. The van der Waals surface area contributed by atoms with Crippen molar-refractivity contribution in [2.75, 3.05) is 0 Å². The first-order valence-electron chi connectivity index (χ1n) is 7.07. The van der Waals surface area contributed by atoms with Crippen molar-refractivity contribution >= 4 is 13.5 Å². The molecule has 1 aliphatic rings. The SMILES string of the molecule is O=C1C=CC(C(O)(O)CCc2ccc(O)cc2)C(NP(=O)(O)O)=C1. The van der Waals surface area contributed by atoms with Crippen LogP contribution in [0.5, 0.6) is 5.75 Å². The summed E-state index contributed by atoms with van der Waals surface area (Å²) in [4.78, 5) is 29.4. The topological polar surface area (TPSA) is 147 Å². The summed E-state index contributed by atoms with van der Waals surface area (Å²) in [5, 5.41) is 31.7. The van der Waals surface area contributed by atoms with Crippen LogP contribution in [-0.2, 0) is 15.8 Å². The number of ketones is 1. The maximum Gasteiger partial charge on any atom is 0.427 e. The van der Waals surface area contributed by atoms with Gasteiger partial charge in [-0.05, 0) is 30.2 Å². The molecule has 1 aliphatic carbocycles. The summed E-state index contributed by atoms with van der Waals surface area (Å²) in [5.74, 6) is -3.96. The highest BCUT2D eigenvalue weighted by Gasteiger charge is 2.38. The fourth-order valence-corrected chi connectivity index (χ4v) is 2.95. The molecule has 0 amide bonds. The van der Waals surface area contributed by atoms with Crippen molar-refractivity contribution in [3.63, 3.8) is 0 Å². The summed E-state index contributed by atoms with van der Waals surface area (Å²) in [6.45, 7) is 0. The third kappa shape index (κ3) is 5.02. The molecule has 0 radical (unpaired) electrons. The van der Waals surface area contributed by atoms with Gasteiger partial charge in [-0.3, -0.25) is 9.88 Å². The number of nitrogens with one attached hydrogen (secondary N) is 1. The van der Waals surface area contributed by atoms with Gasteiger partial charge in [0.2, 0.25) is 0 Å². The molecule has 24 heavy (non-hydrogen) atoms. The van der Waals surface area contributed by atoms with Crippen molar-refractivity contribution in [3.05, 3.63) is 53.8 Å². The minimum Gasteiger partial charge on any atom is -0.508 e. The van der Waals surface area contributed by atoms with Gasteiger partial charge in [0.05, 0.1) is 5.92 Å². The second-order valence-electron chi connectivity index (χ2n) is 5.54. The van der Waals surface area contributed by atoms with Crippen LogP contribution in [-0.4, -0.2) is 36.7 Å². The zero-order chi connectivity index (χ0) is 18.0. The van der Waals surface area contributed by atoms with Crippen molar-refractivity contribution in [1.29, 1.82) is 0 Å². The number of benzene rings is 1. The van der Waals surface area contributed by atoms with Crippen LogP contribution < -0.4 is 5.09 Å². The van der Waals surface area contributed by atoms with Crippen molar-refractivity contribution in [1.82, 2.24) is 5.09 Å². The molecule has 0 fully saturated rings. The van der Waals surface area contributed by atoms with Gasteiger partial charge in [0.25, 0.3) is 0 Å². The Morgan fingerprint density at radius 1 is 1.17 bits per heavy atom. The van der Waals surface area contributed by atoms with E-state index in [2.05, 4.69) is 0 Å². The van der Waals surface area contributed by atoms with Gasteiger partial charge in [-0.2, -0.15) is 0 Å². The van der Waals surface area contributed by atoms with Gasteiger partial charge in [0.15, 0.2) is 11.6 Å². The second kappa shape index (κ2) is 6.88. The number of allylic oxidation sites excluding steroid dienone is 2. The Hall–Kier alpha value is -1.96. The van der Waals surface area contributed by atoms with Crippen LogP contribution >= 0.6 is 7.75 Å². The highest BCUT2D eigenvalue weighted by atomic mass is 31.2. The summed E-state index contributed by atoms with van der Waals surface area (Å²) in [6, 6.07) is 6.17. The lowest BCUT2D eigenvalue weighted by molar-refractivity contribution is -0.185. The van der Waals surface area contributed by atoms with E-state index in [-0.39, 0.29) is 24.3 Å². The molecule has 0 saturated carbocycles. The molecule has 0 saturated heterocycles. The average Bonchev–Trinajstić information content (AvgIpc) is 2.45. The van der Waals surface area contributed by atoms with E-state index < -0.39 is 25.2 Å². The molecular formula is C15H18NO7P. The minimum absolute atomic E-state index is 0.0859. The number of hydrogen-bond acceptors (Lipinski definition) is 5. The van der Waals surface area contributed by atoms with Crippen LogP contribution in [0.3, 0.4) is 0 Å². The third-order valence-electron chi connectivity index (χ3n) is 3.58. The van der Waals surface area contributed by atoms with E-state index >= 15 is 0 Å². The summed E-state index contributed by atoms with van der Waals surface area (Å²) < 4.78 is 11.1. The van der Waals surface area contributed by atoms with Crippen LogP contribution in [0.1, 0.15) is 12.0 Å². The summed E-state index contributed by atoms with van der Waals surface area (Å²) in [5.41, 5.74) is 0.483. The van der Waals surface area contributed by atoms with Gasteiger partial charge < -0.3 is 25.1 Å². The van der Waals surface area contributed by atoms with Crippen LogP contribution in [0.25, 0.3) is 0 Å². The number of aromatic hydroxyl groups is 1. The molecule has 0 bridgehead atoms. The van der Waals surface area contributed by atoms with E-state index in [9.17, 15) is 24.7 Å². The van der Waals surface area contributed by atoms with Crippen LogP contribution in [0.4, 0.5) is 0 Å². The van der Waals surface area contributed by atoms with Gasteiger partial charge in [-0.25, -0.2) is 4.57 Å². The van der Waals surface area contributed by atoms with E-state index in [1.54, 1.807) is 12.1 Å². The van der Waals surface area contributed by atoms with E-state index in [1.807, 2.05) is 5.09 Å². The smallest absolute Gasteiger partial charge is 0.427 e. The number of carbonyl (C=O) groups is 1. The fraction of sp³-hybridized carbons (Fsp3) is 0.267. The van der Waals surface area contributed by atoms with Crippen LogP contribution in [0.2, 0.25) is 0 Å². The first-order valence-corrected chi connectivity index (χ1v) is 8.68. The number of hydrogen-bond donors (Lipinski definition) is 6. The quantitative estimate of drug-likeness (QED) is 0.316. The first-order chi connectivity index (χ1) is 11.1. The first kappa shape index (κ1) is 18.4. The minimum atomic E-state index is -4.70. The van der Waals surface area contributed by atoms with E-state index in [4.69, 9.17) is 9.79 Å². The van der Waals surface area contributed by atoms with Gasteiger partial charge in [0.1, 0.15) is 5.75 Å². The highest BCUT2D eigenvalue weighted by Crippen LogP contribution is 2.37. The zero-order valence-electron chi connectivity index (χ0n) is 12.5. The zero-order valence-corrected chi connectivity index (χ0v) is 13.4. The number of phenols is 1. The van der Waals surface area contributed by atoms with Gasteiger partial charge in [0, 0.05) is 18.2 Å². The molecular weight excluding hydrogens is 337 g/mol. The molecule has 9 heteroatoms. The second-order valence-corrected chi connectivity index (χ2v) is 6.85. The largest absolute Gasteiger partial charge is 0.508 e. The fourth-order valence-electron chi connectivity index (χ4n) is 2.41. The highest BCUT2D eigenvalue weighted by molar-refractivity contribution is 7.49. The maximum atomic E-state index is 11.4. The standard InChI is InChI=1S/C15H18NO7P/c17-11-3-1-10(2-4-11)7-8-15(19,20)13-6-5-12(18)9-14(13)16-24(21,22)23/h1-6,9,13,17,19-20H,7-8H2,(H3,16,21,22,23). The Morgan fingerprint density at radius 3 is 2.38 bits per heavy atom. The van der Waals surface area contributed by atoms with Crippen LogP contribution in [0, 0.1) is 5.92 Å². The molecule has 1 unspecified atom stereocenters. The lowest BCUT2D eigenvalue weighted by atomic mass is 9.87. The van der Waals surface area contributed by atoms with Gasteiger partial charge >= 0.3 is 7.75 Å². The van der Waals surface area contributed by atoms with Crippen molar-refractivity contribution in [3.8, 4) is 5.75 Å². The monoisotopic (exact) mass is 355 g/mol. The molecule has 1 aromatic rings. The Kier molecular flexibility index (Phi) is 5.27. The van der Waals surface area contributed by atoms with E-state index in [0.29, 0.717) is 0 Å². The normalized spacial score (nSPS) is 18.4. The number of aryl methyl sites for hydroxylation is 1. The number of aliphatic hydroxyl groups is 2. The molecule has 1 atom stereocenters. The number of carbonyl (C=O) groups excluding carboxylic acids is 1. The lowest BCUT2D eigenvalue weighted by Crippen LogP contribution is -2.42. The predicted molar refractivity (Wildman–Crippen MR) is 84.5 cm³/mol. The third-order valence-corrected chi connectivity index (χ3v) is 4.13. The summed E-state index contributed by atoms with van der Waals surface area (Å²) in [6.07, 6.45) is 3.32. The Labute approximate surface area is 138 Å². The molecule has 0 aliphatic heterocycles.